The van der Waals surface area contributed by atoms with Gasteiger partial charge in [0, 0.05) is 5.39 Å². The Balaban J connectivity index is 2.94. The zero-order valence-electron chi connectivity index (χ0n) is 6.79. The van der Waals surface area contributed by atoms with Crippen molar-refractivity contribution in [2.45, 2.75) is 0 Å². The summed E-state index contributed by atoms with van der Waals surface area (Å²) in [6.45, 7) is 0. The molecule has 2 aromatic rings. The Kier molecular flexibility index (Phi) is 1.55. The molecule has 0 saturated heterocycles. The number of aromatic nitrogens is 1. The Hall–Kier alpha value is -1.84. The Morgan fingerprint density at radius 3 is 2.62 bits per heavy atom. The average molecular weight is 177 g/mol. The highest BCUT2D eigenvalue weighted by molar-refractivity contribution is 5.91. The van der Waals surface area contributed by atoms with E-state index >= 15 is 0 Å². The molecule has 0 aliphatic rings. The monoisotopic (exact) mass is 177 g/mol. The number of benzene rings is 1. The van der Waals surface area contributed by atoms with Crippen molar-refractivity contribution >= 4 is 22.4 Å². The van der Waals surface area contributed by atoms with Gasteiger partial charge in [-0.25, -0.2) is 9.37 Å². The third kappa shape index (κ3) is 1.07. The molecule has 0 saturated carbocycles. The molecule has 4 heteroatoms. The van der Waals surface area contributed by atoms with Crippen molar-refractivity contribution in [2.24, 2.45) is 0 Å². The smallest absolute Gasteiger partial charge is 0.188 e. The van der Waals surface area contributed by atoms with Gasteiger partial charge in [0.05, 0.1) is 11.2 Å². The molecule has 3 nitrogen and oxygen atoms in total. The number of hydrogen-bond acceptors (Lipinski definition) is 3. The average Bonchev–Trinajstić information content (AvgIpc) is 2.15. The number of anilines is 2. The molecule has 0 bridgehead atoms. The van der Waals surface area contributed by atoms with Crippen molar-refractivity contribution < 1.29 is 4.39 Å². The highest BCUT2D eigenvalue weighted by atomic mass is 19.1. The minimum atomic E-state index is -0.640. The zero-order chi connectivity index (χ0) is 9.42. The molecule has 1 aromatic heterocycles. The summed E-state index contributed by atoms with van der Waals surface area (Å²) in [5, 5.41) is 0.592. The number of nitrogen functional groups attached to an aromatic ring is 2. The lowest BCUT2D eigenvalue weighted by Crippen LogP contribution is -2.01. The van der Waals surface area contributed by atoms with E-state index in [-0.39, 0.29) is 11.5 Å². The van der Waals surface area contributed by atoms with Gasteiger partial charge in [0.2, 0.25) is 0 Å². The fraction of sp³-hybridized carbons (Fsp3) is 0. The van der Waals surface area contributed by atoms with E-state index in [0.717, 1.165) is 0 Å². The van der Waals surface area contributed by atoms with Crippen LogP contribution in [0.5, 0.6) is 0 Å². The molecule has 0 aliphatic carbocycles. The first-order valence-corrected chi connectivity index (χ1v) is 3.79. The molecule has 2 rings (SSSR count). The van der Waals surface area contributed by atoms with Gasteiger partial charge < -0.3 is 11.5 Å². The second-order valence-electron chi connectivity index (χ2n) is 2.74. The third-order valence-electron chi connectivity index (χ3n) is 1.90. The van der Waals surface area contributed by atoms with Crippen LogP contribution in [0.4, 0.5) is 15.9 Å². The number of rotatable bonds is 0. The lowest BCUT2D eigenvalue weighted by atomic mass is 10.2. The van der Waals surface area contributed by atoms with Crippen LogP contribution >= 0.6 is 0 Å². The number of pyridine rings is 1. The summed E-state index contributed by atoms with van der Waals surface area (Å²) in [5.41, 5.74) is 11.5. The third-order valence-corrected chi connectivity index (χ3v) is 1.90. The summed E-state index contributed by atoms with van der Waals surface area (Å²) in [4.78, 5) is 3.86. The van der Waals surface area contributed by atoms with Gasteiger partial charge in [0.25, 0.3) is 0 Å². The zero-order valence-corrected chi connectivity index (χ0v) is 6.79. The van der Waals surface area contributed by atoms with Gasteiger partial charge in [-0.1, -0.05) is 18.2 Å². The van der Waals surface area contributed by atoms with E-state index in [1.165, 1.54) is 0 Å². The number of nitrogens with two attached hydrogens (primary N) is 2. The molecule has 1 aromatic carbocycles. The highest BCUT2D eigenvalue weighted by Gasteiger charge is 2.08. The Bertz CT molecular complexity index is 468. The predicted octanol–water partition coefficient (Wildman–Crippen LogP) is 1.54. The molecule has 0 unspecified atom stereocenters. The molecule has 66 valence electrons. The molecular weight excluding hydrogens is 169 g/mol. The van der Waals surface area contributed by atoms with Crippen molar-refractivity contribution in [1.29, 1.82) is 0 Å². The van der Waals surface area contributed by atoms with Crippen molar-refractivity contribution in [3.05, 3.63) is 30.1 Å². The Morgan fingerprint density at radius 1 is 1.15 bits per heavy atom. The molecule has 0 aliphatic heterocycles. The first-order valence-electron chi connectivity index (χ1n) is 3.79. The fourth-order valence-corrected chi connectivity index (χ4v) is 1.23. The largest absolute Gasteiger partial charge is 0.396 e. The highest BCUT2D eigenvalue weighted by Crippen LogP contribution is 2.24. The SMILES string of the molecule is Nc1nc2ccccc2c(N)c1F. The predicted molar refractivity (Wildman–Crippen MR) is 50.5 cm³/mol. The molecule has 4 N–H and O–H groups in total. The summed E-state index contributed by atoms with van der Waals surface area (Å²) in [5.74, 6) is -0.796. The van der Waals surface area contributed by atoms with Gasteiger partial charge >= 0.3 is 0 Å². The van der Waals surface area contributed by atoms with Crippen LogP contribution in [0.3, 0.4) is 0 Å². The lowest BCUT2D eigenvalue weighted by molar-refractivity contribution is 0.634. The van der Waals surface area contributed by atoms with E-state index < -0.39 is 5.82 Å². The van der Waals surface area contributed by atoms with Crippen molar-refractivity contribution in [1.82, 2.24) is 4.98 Å². The van der Waals surface area contributed by atoms with Crippen LogP contribution in [0.25, 0.3) is 10.9 Å². The molecule has 0 fully saturated rings. The van der Waals surface area contributed by atoms with Crippen LogP contribution < -0.4 is 11.5 Å². The summed E-state index contributed by atoms with van der Waals surface area (Å²) in [6, 6.07) is 7.02. The Morgan fingerprint density at radius 2 is 1.85 bits per heavy atom. The normalized spacial score (nSPS) is 10.5. The minimum Gasteiger partial charge on any atom is -0.396 e. The quantitative estimate of drug-likeness (QED) is 0.641. The van der Waals surface area contributed by atoms with Crippen molar-refractivity contribution in [3.8, 4) is 0 Å². The van der Waals surface area contributed by atoms with Gasteiger partial charge in [-0.15, -0.1) is 0 Å². The van der Waals surface area contributed by atoms with E-state index in [0.29, 0.717) is 10.9 Å². The van der Waals surface area contributed by atoms with Crippen molar-refractivity contribution in [3.63, 3.8) is 0 Å². The summed E-state index contributed by atoms with van der Waals surface area (Å²) >= 11 is 0. The number of halogens is 1. The van der Waals surface area contributed by atoms with E-state index in [1.807, 2.05) is 0 Å². The minimum absolute atomic E-state index is 0.0584. The lowest BCUT2D eigenvalue weighted by Gasteiger charge is -2.04. The van der Waals surface area contributed by atoms with Gasteiger partial charge in [0.15, 0.2) is 11.6 Å². The van der Waals surface area contributed by atoms with Crippen LogP contribution in [0.15, 0.2) is 24.3 Å². The molecule has 0 atom stereocenters. The van der Waals surface area contributed by atoms with Gasteiger partial charge in [0.1, 0.15) is 0 Å². The van der Waals surface area contributed by atoms with E-state index in [9.17, 15) is 4.39 Å². The number of nitrogens with zero attached hydrogens (tertiary/aromatic N) is 1. The van der Waals surface area contributed by atoms with E-state index in [4.69, 9.17) is 11.5 Å². The summed E-state index contributed by atoms with van der Waals surface area (Å²) < 4.78 is 13.1. The molecular formula is C9H8FN3. The summed E-state index contributed by atoms with van der Waals surface area (Å²) in [6.07, 6.45) is 0. The van der Waals surface area contributed by atoms with Crippen molar-refractivity contribution in [2.75, 3.05) is 11.5 Å². The van der Waals surface area contributed by atoms with Crippen LogP contribution in [-0.4, -0.2) is 4.98 Å². The first-order chi connectivity index (χ1) is 6.20. The van der Waals surface area contributed by atoms with Crippen LogP contribution in [-0.2, 0) is 0 Å². The molecule has 0 radical (unpaired) electrons. The van der Waals surface area contributed by atoms with Gasteiger partial charge in [-0.05, 0) is 6.07 Å². The maximum atomic E-state index is 13.1. The fourth-order valence-electron chi connectivity index (χ4n) is 1.23. The topological polar surface area (TPSA) is 64.9 Å². The van der Waals surface area contributed by atoms with Crippen LogP contribution in [0, 0.1) is 5.82 Å². The maximum Gasteiger partial charge on any atom is 0.188 e. The van der Waals surface area contributed by atoms with Gasteiger partial charge in [-0.2, -0.15) is 0 Å². The molecule has 0 spiro atoms. The first kappa shape index (κ1) is 7.79. The second kappa shape index (κ2) is 2.58. The van der Waals surface area contributed by atoms with E-state index in [2.05, 4.69) is 4.98 Å². The second-order valence-corrected chi connectivity index (χ2v) is 2.74. The maximum absolute atomic E-state index is 13.1. The number of para-hydroxylation sites is 1. The van der Waals surface area contributed by atoms with Gasteiger partial charge in [-0.3, -0.25) is 0 Å². The van der Waals surface area contributed by atoms with Crippen LogP contribution in [0.2, 0.25) is 0 Å². The number of hydrogen-bond donors (Lipinski definition) is 2. The standard InChI is InChI=1S/C9H8FN3/c10-7-8(11)5-3-1-2-4-6(5)13-9(7)12/h1-4H,(H4,11,12,13). The molecule has 1 heterocycles. The molecule has 0 amide bonds. The van der Waals surface area contributed by atoms with Crippen LogP contribution in [0.1, 0.15) is 0 Å². The number of fused-ring (bicyclic) bond motifs is 1. The molecule has 13 heavy (non-hydrogen) atoms. The Labute approximate surface area is 74.2 Å². The van der Waals surface area contributed by atoms with E-state index in [1.54, 1.807) is 24.3 Å². The summed E-state index contributed by atoms with van der Waals surface area (Å²) in [7, 11) is 0.